The lowest BCUT2D eigenvalue weighted by molar-refractivity contribution is -0.140. The van der Waals surface area contributed by atoms with Gasteiger partial charge in [0.15, 0.2) is 0 Å². The first-order valence-corrected chi connectivity index (χ1v) is 12.8. The minimum absolute atomic E-state index is 0.00397. The lowest BCUT2D eigenvalue weighted by atomic mass is 9.94. The van der Waals surface area contributed by atoms with E-state index in [0.717, 1.165) is 11.1 Å². The molecular weight excluding hydrogens is 506 g/mol. The van der Waals surface area contributed by atoms with E-state index in [1.807, 2.05) is 43.3 Å². The Labute approximate surface area is 231 Å². The minimum atomic E-state index is -1.05. The second-order valence-corrected chi connectivity index (χ2v) is 9.59. The molecule has 5 rings (SSSR count). The van der Waals surface area contributed by atoms with Crippen LogP contribution in [-0.4, -0.2) is 32.8 Å². The number of rotatable bonds is 8. The molecule has 7 heteroatoms. The third-order valence-corrected chi connectivity index (χ3v) is 6.89. The number of aliphatic hydroxyl groups is 1. The Morgan fingerprint density at radius 3 is 2.05 bits per heavy atom. The van der Waals surface area contributed by atoms with Crippen LogP contribution in [0.25, 0.3) is 5.76 Å². The largest absolute Gasteiger partial charge is 0.507 e. The van der Waals surface area contributed by atoms with Crippen LogP contribution in [0.15, 0.2) is 109 Å². The van der Waals surface area contributed by atoms with Crippen molar-refractivity contribution >= 4 is 23.4 Å². The summed E-state index contributed by atoms with van der Waals surface area (Å²) in [6.07, 6.45) is 0. The van der Waals surface area contributed by atoms with Crippen molar-refractivity contribution in [2.75, 3.05) is 0 Å². The molecule has 0 bridgehead atoms. The molecule has 200 valence electrons. The van der Waals surface area contributed by atoms with E-state index >= 15 is 0 Å². The van der Waals surface area contributed by atoms with Gasteiger partial charge in [0, 0.05) is 12.1 Å². The third-order valence-electron chi connectivity index (χ3n) is 6.89. The maximum absolute atomic E-state index is 13.3. The van der Waals surface area contributed by atoms with Crippen molar-refractivity contribution in [3.63, 3.8) is 0 Å². The lowest BCUT2D eigenvalue weighted by Gasteiger charge is -2.25. The summed E-state index contributed by atoms with van der Waals surface area (Å²) >= 11 is 0. The molecule has 0 aliphatic carbocycles. The van der Waals surface area contributed by atoms with Crippen molar-refractivity contribution in [3.8, 4) is 5.75 Å². The molecule has 1 heterocycles. The highest BCUT2D eigenvalue weighted by atomic mass is 16.5. The predicted octanol–water partition coefficient (Wildman–Crippen LogP) is 5.89. The summed E-state index contributed by atoms with van der Waals surface area (Å²) in [6, 6.07) is 29.3. The third kappa shape index (κ3) is 5.35. The Bertz CT molecular complexity index is 1590. The number of likely N-dealkylation sites (tertiary alicyclic amines) is 1. The molecule has 40 heavy (non-hydrogen) atoms. The first-order valence-electron chi connectivity index (χ1n) is 12.8. The monoisotopic (exact) mass is 533 g/mol. The summed E-state index contributed by atoms with van der Waals surface area (Å²) in [5.74, 6) is -2.20. The normalized spacial score (nSPS) is 16.2. The zero-order valence-electron chi connectivity index (χ0n) is 21.8. The van der Waals surface area contributed by atoms with Crippen LogP contribution in [0.1, 0.15) is 44.2 Å². The molecule has 1 unspecified atom stereocenters. The van der Waals surface area contributed by atoms with Crippen LogP contribution in [0, 0.1) is 6.92 Å². The van der Waals surface area contributed by atoms with Crippen LogP contribution in [0.5, 0.6) is 5.75 Å². The molecule has 7 nitrogen and oxygen atoms in total. The fourth-order valence-corrected chi connectivity index (χ4v) is 4.82. The van der Waals surface area contributed by atoms with Gasteiger partial charge in [-0.2, -0.15) is 0 Å². The molecule has 1 atom stereocenters. The number of amides is 1. The number of carboxylic acid groups (broad SMARTS) is 1. The van der Waals surface area contributed by atoms with E-state index in [2.05, 4.69) is 0 Å². The summed E-state index contributed by atoms with van der Waals surface area (Å²) < 4.78 is 5.95. The van der Waals surface area contributed by atoms with Crippen molar-refractivity contribution in [2.45, 2.75) is 26.1 Å². The van der Waals surface area contributed by atoms with Crippen molar-refractivity contribution in [2.24, 2.45) is 0 Å². The van der Waals surface area contributed by atoms with Gasteiger partial charge in [0.2, 0.25) is 0 Å². The number of nitrogens with zero attached hydrogens (tertiary/aromatic N) is 1. The van der Waals surface area contributed by atoms with Crippen molar-refractivity contribution in [3.05, 3.63) is 142 Å². The summed E-state index contributed by atoms with van der Waals surface area (Å²) in [6.45, 7) is 2.30. The van der Waals surface area contributed by atoms with Crippen molar-refractivity contribution < 1.29 is 29.3 Å². The van der Waals surface area contributed by atoms with E-state index in [1.165, 1.54) is 17.0 Å². The lowest BCUT2D eigenvalue weighted by Crippen LogP contribution is -2.29. The zero-order valence-corrected chi connectivity index (χ0v) is 21.8. The molecule has 4 aromatic rings. The van der Waals surface area contributed by atoms with E-state index in [0.29, 0.717) is 29.0 Å². The molecule has 2 N–H and O–H groups in total. The first kappa shape index (κ1) is 26.4. The van der Waals surface area contributed by atoms with Crippen LogP contribution in [0.3, 0.4) is 0 Å². The standard InChI is InChI=1S/C33H27NO6/c1-21-18-26(16-17-27(21)40-20-23-8-4-2-5-9-23)30(35)28-29(24-10-6-3-7-11-24)34(32(37)31(28)36)19-22-12-14-25(15-13-22)33(38)39/h2-18,29,35H,19-20H2,1H3,(H,38,39)/b30-28-. The molecule has 0 radical (unpaired) electrons. The smallest absolute Gasteiger partial charge is 0.335 e. The minimum Gasteiger partial charge on any atom is -0.507 e. The van der Waals surface area contributed by atoms with Gasteiger partial charge in [0.05, 0.1) is 17.2 Å². The molecule has 1 saturated heterocycles. The van der Waals surface area contributed by atoms with Crippen LogP contribution < -0.4 is 4.74 Å². The van der Waals surface area contributed by atoms with Gasteiger partial charge in [0.25, 0.3) is 11.7 Å². The van der Waals surface area contributed by atoms with Gasteiger partial charge in [-0.25, -0.2) is 4.79 Å². The zero-order chi connectivity index (χ0) is 28.2. The summed E-state index contributed by atoms with van der Waals surface area (Å²) in [5.41, 5.74) is 3.63. The Morgan fingerprint density at radius 2 is 1.43 bits per heavy atom. The number of hydrogen-bond donors (Lipinski definition) is 2. The second-order valence-electron chi connectivity index (χ2n) is 9.59. The molecule has 0 spiro atoms. The highest BCUT2D eigenvalue weighted by molar-refractivity contribution is 6.46. The molecule has 0 aromatic heterocycles. The molecule has 1 aliphatic rings. The number of aromatic carboxylic acids is 1. The van der Waals surface area contributed by atoms with E-state index in [1.54, 1.807) is 54.6 Å². The highest BCUT2D eigenvalue weighted by Crippen LogP contribution is 2.40. The fraction of sp³-hybridized carbons (Fsp3) is 0.121. The van der Waals surface area contributed by atoms with Gasteiger partial charge in [-0.3, -0.25) is 9.59 Å². The summed E-state index contributed by atoms with van der Waals surface area (Å²) in [4.78, 5) is 39.3. The van der Waals surface area contributed by atoms with E-state index in [-0.39, 0.29) is 23.4 Å². The number of ketones is 1. The number of carbonyl (C=O) groups excluding carboxylic acids is 2. The summed E-state index contributed by atoms with van der Waals surface area (Å²) in [7, 11) is 0. The SMILES string of the molecule is Cc1cc(/C(O)=C2/C(=O)C(=O)N(Cc3ccc(C(=O)O)cc3)C2c2ccccc2)ccc1OCc1ccccc1. The van der Waals surface area contributed by atoms with E-state index in [9.17, 15) is 24.6 Å². The van der Waals surface area contributed by atoms with E-state index < -0.39 is 23.7 Å². The van der Waals surface area contributed by atoms with Crippen LogP contribution in [0.2, 0.25) is 0 Å². The molecule has 1 fully saturated rings. The number of Topliss-reactive ketones (excluding diaryl/α,β-unsaturated/α-hetero) is 1. The molecule has 4 aromatic carbocycles. The number of aryl methyl sites for hydroxylation is 1. The number of aliphatic hydroxyl groups excluding tert-OH is 1. The highest BCUT2D eigenvalue weighted by Gasteiger charge is 2.46. The number of carboxylic acids is 1. The molecule has 1 aliphatic heterocycles. The predicted molar refractivity (Wildman–Crippen MR) is 150 cm³/mol. The number of ether oxygens (including phenoxy) is 1. The second kappa shape index (κ2) is 11.3. The van der Waals surface area contributed by atoms with Gasteiger partial charge >= 0.3 is 5.97 Å². The fourth-order valence-electron chi connectivity index (χ4n) is 4.82. The Morgan fingerprint density at radius 1 is 0.800 bits per heavy atom. The topological polar surface area (TPSA) is 104 Å². The summed E-state index contributed by atoms with van der Waals surface area (Å²) in [5, 5.41) is 20.6. The van der Waals surface area contributed by atoms with Gasteiger partial charge in [0.1, 0.15) is 18.1 Å². The van der Waals surface area contributed by atoms with Gasteiger partial charge in [-0.1, -0.05) is 72.8 Å². The molecule has 0 saturated carbocycles. The van der Waals surface area contributed by atoms with Crippen molar-refractivity contribution in [1.82, 2.24) is 4.90 Å². The van der Waals surface area contributed by atoms with Crippen molar-refractivity contribution in [1.29, 1.82) is 0 Å². The van der Waals surface area contributed by atoms with Gasteiger partial charge in [-0.05, 0) is 59.5 Å². The Kier molecular flexibility index (Phi) is 7.46. The molecule has 1 amide bonds. The Balaban J connectivity index is 1.49. The van der Waals surface area contributed by atoms with Gasteiger partial charge in [-0.15, -0.1) is 0 Å². The quantitative estimate of drug-likeness (QED) is 0.166. The Hall–Kier alpha value is -5.17. The number of hydrogen-bond acceptors (Lipinski definition) is 5. The average Bonchev–Trinajstić information content (AvgIpc) is 3.22. The maximum Gasteiger partial charge on any atom is 0.335 e. The van der Waals surface area contributed by atoms with Gasteiger partial charge < -0.3 is 19.8 Å². The number of carbonyl (C=O) groups is 3. The van der Waals surface area contributed by atoms with Crippen LogP contribution in [-0.2, 0) is 22.7 Å². The molecular formula is C33H27NO6. The van der Waals surface area contributed by atoms with Crippen LogP contribution >= 0.6 is 0 Å². The first-order chi connectivity index (χ1) is 19.3. The van der Waals surface area contributed by atoms with E-state index in [4.69, 9.17) is 4.74 Å². The average molecular weight is 534 g/mol. The van der Waals surface area contributed by atoms with Crippen LogP contribution in [0.4, 0.5) is 0 Å². The number of benzene rings is 4. The maximum atomic E-state index is 13.3.